The molecule has 0 aromatic heterocycles. The summed E-state index contributed by atoms with van der Waals surface area (Å²) < 4.78 is 5.39. The highest BCUT2D eigenvalue weighted by Crippen LogP contribution is 2.38. The molecule has 8 heteroatoms. The van der Waals surface area contributed by atoms with E-state index in [0.717, 1.165) is 60.0 Å². The van der Waals surface area contributed by atoms with Gasteiger partial charge in [-0.2, -0.15) is 5.10 Å². The Hall–Kier alpha value is -4.59. The van der Waals surface area contributed by atoms with Crippen molar-refractivity contribution in [2.24, 2.45) is 5.10 Å². The van der Waals surface area contributed by atoms with E-state index < -0.39 is 5.97 Å². The molecular formula is C34H40N4O4. The van der Waals surface area contributed by atoms with Crippen molar-refractivity contribution >= 4 is 41.3 Å². The van der Waals surface area contributed by atoms with E-state index in [1.54, 1.807) is 24.3 Å². The van der Waals surface area contributed by atoms with Crippen LogP contribution < -0.4 is 19.5 Å². The number of aromatic carboxylic acids is 1. The Labute approximate surface area is 248 Å². The fraction of sp³-hybridized carbons (Fsp3) is 0.324. The monoisotopic (exact) mass is 568 g/mol. The van der Waals surface area contributed by atoms with Crippen LogP contribution in [0.1, 0.15) is 68.6 Å². The van der Waals surface area contributed by atoms with Crippen molar-refractivity contribution in [1.29, 1.82) is 0 Å². The lowest BCUT2D eigenvalue weighted by atomic mass is 9.97. The normalized spacial score (nSPS) is 14.9. The number of carboxylic acid groups (broad SMARTS) is 1. The van der Waals surface area contributed by atoms with Gasteiger partial charge in [-0.15, -0.1) is 0 Å². The Morgan fingerprint density at radius 1 is 0.929 bits per heavy atom. The zero-order valence-corrected chi connectivity index (χ0v) is 25.1. The highest BCUT2D eigenvalue weighted by Gasteiger charge is 2.30. The van der Waals surface area contributed by atoms with Gasteiger partial charge in [-0.1, -0.05) is 12.1 Å². The minimum Gasteiger partial charge on any atom is -0.478 e. The van der Waals surface area contributed by atoms with Crippen molar-refractivity contribution in [2.45, 2.75) is 47.1 Å². The van der Waals surface area contributed by atoms with Gasteiger partial charge in [0.05, 0.1) is 23.0 Å². The molecule has 3 aromatic carbocycles. The first-order chi connectivity index (χ1) is 20.3. The van der Waals surface area contributed by atoms with Crippen molar-refractivity contribution < 1.29 is 19.4 Å². The molecule has 0 amide bonds. The fourth-order valence-electron chi connectivity index (χ4n) is 5.40. The van der Waals surface area contributed by atoms with Gasteiger partial charge in [0.2, 0.25) is 0 Å². The molecule has 1 N–H and O–H groups in total. The lowest BCUT2D eigenvalue weighted by molar-refractivity contribution is -0.120. The first-order valence-corrected chi connectivity index (χ1v) is 14.6. The molecule has 4 rings (SSSR count). The summed E-state index contributed by atoms with van der Waals surface area (Å²) in [5.74, 6) is -0.466. The fourth-order valence-corrected chi connectivity index (χ4v) is 5.40. The van der Waals surface area contributed by atoms with E-state index in [4.69, 9.17) is 9.84 Å². The second-order valence-electron chi connectivity index (χ2n) is 10.2. The summed E-state index contributed by atoms with van der Waals surface area (Å²) >= 11 is 0. The van der Waals surface area contributed by atoms with Crippen molar-refractivity contribution in [3.05, 3.63) is 89.0 Å². The van der Waals surface area contributed by atoms with Gasteiger partial charge in [-0.3, -0.25) is 9.80 Å². The Balaban J connectivity index is 1.70. The molecule has 1 unspecified atom stereocenters. The van der Waals surface area contributed by atoms with Crippen molar-refractivity contribution in [1.82, 2.24) is 0 Å². The number of anilines is 3. The molecule has 0 saturated heterocycles. The molecule has 0 saturated carbocycles. The van der Waals surface area contributed by atoms with E-state index in [9.17, 15) is 14.7 Å². The zero-order valence-electron chi connectivity index (χ0n) is 25.1. The molecular weight excluding hydrogens is 528 g/mol. The minimum absolute atomic E-state index is 0.0690. The van der Waals surface area contributed by atoms with E-state index in [0.29, 0.717) is 18.6 Å². The van der Waals surface area contributed by atoms with Crippen LogP contribution in [0, 0.1) is 0 Å². The summed E-state index contributed by atoms with van der Waals surface area (Å²) in [6.07, 6.45) is 2.66. The van der Waals surface area contributed by atoms with E-state index in [1.165, 1.54) is 5.69 Å². The summed E-state index contributed by atoms with van der Waals surface area (Å²) in [7, 11) is 0. The first-order valence-electron chi connectivity index (χ1n) is 14.6. The number of allylic oxidation sites excluding steroid dienone is 1. The van der Waals surface area contributed by atoms with Crippen molar-refractivity contribution in [3.8, 4) is 5.75 Å². The molecule has 1 aliphatic rings. The number of carbonyl (C=O) groups excluding carboxylic acids is 1. The molecule has 3 aromatic rings. The van der Waals surface area contributed by atoms with E-state index >= 15 is 0 Å². The van der Waals surface area contributed by atoms with Gasteiger partial charge < -0.3 is 19.6 Å². The molecule has 0 aliphatic carbocycles. The van der Waals surface area contributed by atoms with Crippen LogP contribution in [0.4, 0.5) is 17.1 Å². The second-order valence-corrected chi connectivity index (χ2v) is 10.2. The van der Waals surface area contributed by atoms with Gasteiger partial charge in [0.25, 0.3) is 6.47 Å². The second kappa shape index (κ2) is 13.9. The third-order valence-electron chi connectivity index (χ3n) is 7.82. The van der Waals surface area contributed by atoms with Gasteiger partial charge >= 0.3 is 5.97 Å². The molecule has 8 nitrogen and oxygen atoms in total. The summed E-state index contributed by atoms with van der Waals surface area (Å²) in [6, 6.07) is 21.2. The number of nitrogens with zero attached hydrogens (tertiary/aromatic N) is 4. The molecule has 0 fully saturated rings. The van der Waals surface area contributed by atoms with E-state index in [-0.39, 0.29) is 11.6 Å². The quantitative estimate of drug-likeness (QED) is 0.222. The van der Waals surface area contributed by atoms with Gasteiger partial charge in [-0.25, -0.2) is 4.79 Å². The average molecular weight is 569 g/mol. The highest BCUT2D eigenvalue weighted by molar-refractivity contribution is 6.06. The number of carboxylic acids is 1. The highest BCUT2D eigenvalue weighted by atomic mass is 16.5. The molecule has 1 heterocycles. The van der Waals surface area contributed by atoms with Crippen LogP contribution in [-0.4, -0.2) is 49.4 Å². The molecule has 0 bridgehead atoms. The van der Waals surface area contributed by atoms with Gasteiger partial charge in [0.1, 0.15) is 5.75 Å². The number of rotatable bonds is 13. The Morgan fingerprint density at radius 3 is 2.10 bits per heavy atom. The van der Waals surface area contributed by atoms with Gasteiger partial charge in [0.15, 0.2) is 0 Å². The summed E-state index contributed by atoms with van der Waals surface area (Å²) in [4.78, 5) is 27.3. The number of hydrazone groups is 1. The molecule has 0 spiro atoms. The third kappa shape index (κ3) is 6.65. The van der Waals surface area contributed by atoms with Crippen LogP contribution >= 0.6 is 0 Å². The van der Waals surface area contributed by atoms with Crippen LogP contribution in [0.15, 0.2) is 77.4 Å². The lowest BCUT2D eigenvalue weighted by Gasteiger charge is -2.25. The van der Waals surface area contributed by atoms with Gasteiger partial charge in [-0.05, 0) is 100 Å². The summed E-state index contributed by atoms with van der Waals surface area (Å²) in [5, 5.41) is 16.4. The Kier molecular flexibility index (Phi) is 10.0. The molecule has 0 radical (unpaired) electrons. The van der Waals surface area contributed by atoms with Crippen LogP contribution in [0.5, 0.6) is 5.75 Å². The van der Waals surface area contributed by atoms with Crippen LogP contribution in [0.3, 0.4) is 0 Å². The number of ether oxygens (including phenoxy) is 1. The van der Waals surface area contributed by atoms with Crippen LogP contribution in [0.25, 0.3) is 6.08 Å². The van der Waals surface area contributed by atoms with Crippen LogP contribution in [-0.2, 0) is 4.79 Å². The van der Waals surface area contributed by atoms with Crippen molar-refractivity contribution in [3.63, 3.8) is 0 Å². The maximum Gasteiger partial charge on any atom is 0.335 e. The third-order valence-corrected chi connectivity index (χ3v) is 7.82. The molecule has 42 heavy (non-hydrogen) atoms. The summed E-state index contributed by atoms with van der Waals surface area (Å²) in [5.41, 5.74) is 6.98. The maximum absolute atomic E-state index is 11.5. The largest absolute Gasteiger partial charge is 0.478 e. The van der Waals surface area contributed by atoms with E-state index in [2.05, 4.69) is 61.8 Å². The van der Waals surface area contributed by atoms with Crippen molar-refractivity contribution in [2.75, 3.05) is 41.0 Å². The number of hydrogen-bond acceptors (Lipinski definition) is 7. The Bertz CT molecular complexity index is 1440. The minimum atomic E-state index is -0.963. The first kappa shape index (κ1) is 30.4. The number of benzene rings is 3. The number of hydrogen-bond donors (Lipinski definition) is 1. The number of carbonyl (C=O) groups is 2. The predicted octanol–water partition coefficient (Wildman–Crippen LogP) is 7.02. The predicted molar refractivity (Wildman–Crippen MR) is 171 cm³/mol. The molecule has 220 valence electrons. The zero-order chi connectivity index (χ0) is 30.2. The smallest absolute Gasteiger partial charge is 0.335 e. The Morgan fingerprint density at radius 2 is 1.52 bits per heavy atom. The molecule has 1 atom stereocenters. The average Bonchev–Trinajstić information content (AvgIpc) is 3.46. The topological polar surface area (TPSA) is 85.7 Å². The summed E-state index contributed by atoms with van der Waals surface area (Å²) in [6.45, 7) is 14.5. The lowest BCUT2D eigenvalue weighted by Crippen LogP contribution is -2.22. The SMILES string of the molecule is CCN(CC)c1ccc(C2CC(/C(C)=C/c3ccc(N(CC)CC)cc3OC=O)=NN2c2ccc(C(=O)O)cc2)cc1. The standard InChI is InChI=1S/C34H40N4O4/c1-6-36(7-2)28-15-10-25(11-16-28)32-22-31(35-38(32)29-17-12-26(13-18-29)34(40)41)24(5)20-27-14-19-30(37(8-3)9-4)21-33(27)42-23-39/h10-21,23,32H,6-9,22H2,1-5H3,(H,40,41)/b24-20+. The van der Waals surface area contributed by atoms with E-state index in [1.807, 2.05) is 36.2 Å². The maximum atomic E-state index is 11.5. The van der Waals surface area contributed by atoms with Gasteiger partial charge in [0, 0.05) is 55.6 Å². The molecule has 1 aliphatic heterocycles. The van der Waals surface area contributed by atoms with Crippen LogP contribution in [0.2, 0.25) is 0 Å².